The van der Waals surface area contributed by atoms with Crippen molar-refractivity contribution in [1.29, 1.82) is 0 Å². The molecule has 0 atom stereocenters. The molecule has 328 valence electrons. The van der Waals surface area contributed by atoms with Crippen molar-refractivity contribution < 1.29 is 8.83 Å². The minimum Gasteiger partial charge on any atom is -0.456 e. The summed E-state index contributed by atoms with van der Waals surface area (Å²) in [7, 11) is 0. The highest BCUT2D eigenvalue weighted by Crippen LogP contribution is 2.55. The van der Waals surface area contributed by atoms with E-state index in [2.05, 4.69) is 238 Å². The summed E-state index contributed by atoms with van der Waals surface area (Å²) in [5.74, 6) is 1.97. The Morgan fingerprint density at radius 1 is 0.426 bits per heavy atom. The fraction of sp³-hybridized carbons (Fsp3) is 0.125. The van der Waals surface area contributed by atoms with Crippen molar-refractivity contribution in [2.24, 2.45) is 0 Å². The number of para-hydroxylation sites is 2. The molecule has 10 aromatic carbocycles. The zero-order chi connectivity index (χ0) is 45.7. The molecule has 4 heteroatoms. The molecule has 2 aromatic heterocycles. The molecule has 0 bridgehead atoms. The second-order valence-electron chi connectivity index (χ2n) is 19.5. The largest absolute Gasteiger partial charge is 0.456 e. The average molecular weight is 879 g/mol. The maximum atomic E-state index is 6.67. The fourth-order valence-electron chi connectivity index (χ4n) is 11.3. The van der Waals surface area contributed by atoms with Crippen LogP contribution in [-0.2, 0) is 11.8 Å². The molecule has 13 rings (SSSR count). The second-order valence-corrected chi connectivity index (χ2v) is 19.5. The number of rotatable bonds is 9. The molecule has 2 heterocycles. The average Bonchev–Trinajstić information content (AvgIpc) is 4.03. The van der Waals surface area contributed by atoms with Crippen molar-refractivity contribution in [1.82, 2.24) is 0 Å². The summed E-state index contributed by atoms with van der Waals surface area (Å²) in [6, 6.07) is 72.4. The van der Waals surface area contributed by atoms with E-state index in [1.165, 1.54) is 54.7 Å². The topological polar surface area (TPSA) is 32.8 Å². The highest BCUT2D eigenvalue weighted by atomic mass is 16.3. The zero-order valence-electron chi connectivity index (χ0n) is 38.8. The Labute approximate surface area is 396 Å². The SMILES string of the molecule is CC(C)c1cc(N(c2ccccc2)c2cccc3oc(-c4ccccc4)cc23)c2cc3c4c(cc(N(c5ccccc5)c5cccc6oc(-c7ccccc7)cc56)c5ccc1c2c54)CCC3(C)C. The molecule has 0 saturated heterocycles. The van der Waals surface area contributed by atoms with E-state index < -0.39 is 0 Å². The van der Waals surface area contributed by atoms with Crippen molar-refractivity contribution in [2.75, 3.05) is 9.80 Å². The summed E-state index contributed by atoms with van der Waals surface area (Å²) in [4.78, 5) is 4.98. The Morgan fingerprint density at radius 3 is 1.46 bits per heavy atom. The Kier molecular flexibility index (Phi) is 9.17. The quantitative estimate of drug-likeness (QED) is 0.135. The Balaban J connectivity index is 1.14. The first-order chi connectivity index (χ1) is 33.3. The van der Waals surface area contributed by atoms with Crippen LogP contribution in [0.15, 0.2) is 209 Å². The van der Waals surface area contributed by atoms with Crippen LogP contribution in [0.1, 0.15) is 56.7 Å². The molecule has 1 aliphatic carbocycles. The number of fused-ring (bicyclic) bond motifs is 2. The molecule has 1 aliphatic rings. The van der Waals surface area contributed by atoms with E-state index in [9.17, 15) is 0 Å². The number of hydrogen-bond acceptors (Lipinski definition) is 4. The van der Waals surface area contributed by atoms with Gasteiger partial charge in [-0.25, -0.2) is 0 Å². The van der Waals surface area contributed by atoms with Crippen LogP contribution < -0.4 is 9.80 Å². The van der Waals surface area contributed by atoms with E-state index in [0.29, 0.717) is 0 Å². The first-order valence-corrected chi connectivity index (χ1v) is 24.0. The van der Waals surface area contributed by atoms with Gasteiger partial charge in [-0.15, -0.1) is 0 Å². The summed E-state index contributed by atoms with van der Waals surface area (Å²) in [6.45, 7) is 9.57. The highest BCUT2D eigenvalue weighted by molar-refractivity contribution is 6.31. The van der Waals surface area contributed by atoms with Crippen molar-refractivity contribution >= 4 is 88.4 Å². The van der Waals surface area contributed by atoms with Gasteiger partial charge < -0.3 is 18.6 Å². The number of anilines is 6. The van der Waals surface area contributed by atoms with Gasteiger partial charge >= 0.3 is 0 Å². The lowest BCUT2D eigenvalue weighted by molar-refractivity contribution is 0.475. The molecule has 68 heavy (non-hydrogen) atoms. The van der Waals surface area contributed by atoms with Gasteiger partial charge in [0.1, 0.15) is 22.7 Å². The molecule has 0 aliphatic heterocycles. The van der Waals surface area contributed by atoms with Crippen LogP contribution in [0.25, 0.3) is 76.9 Å². The molecule has 0 fully saturated rings. The van der Waals surface area contributed by atoms with Gasteiger partial charge in [-0.2, -0.15) is 0 Å². The van der Waals surface area contributed by atoms with Gasteiger partial charge in [0.2, 0.25) is 0 Å². The third-order valence-corrected chi connectivity index (χ3v) is 14.6. The summed E-state index contributed by atoms with van der Waals surface area (Å²) >= 11 is 0. The van der Waals surface area contributed by atoms with Crippen LogP contribution in [0, 0.1) is 0 Å². The van der Waals surface area contributed by atoms with Crippen LogP contribution in [-0.4, -0.2) is 0 Å². The number of furan rings is 2. The van der Waals surface area contributed by atoms with Gasteiger partial charge in [0.25, 0.3) is 0 Å². The van der Waals surface area contributed by atoms with E-state index in [1.54, 1.807) is 0 Å². The van der Waals surface area contributed by atoms with Crippen LogP contribution in [0.3, 0.4) is 0 Å². The van der Waals surface area contributed by atoms with Crippen molar-refractivity contribution in [3.8, 4) is 22.6 Å². The lowest BCUT2D eigenvalue weighted by Gasteiger charge is -2.37. The van der Waals surface area contributed by atoms with Gasteiger partial charge in [-0.1, -0.05) is 149 Å². The Bertz CT molecular complexity index is 3850. The minimum absolute atomic E-state index is 0.0582. The molecule has 0 saturated carbocycles. The predicted octanol–water partition coefficient (Wildman–Crippen LogP) is 18.7. The smallest absolute Gasteiger partial charge is 0.136 e. The van der Waals surface area contributed by atoms with E-state index in [-0.39, 0.29) is 11.3 Å². The maximum absolute atomic E-state index is 6.67. The standard InChI is InChI=1S/C64H50N2O2/c1-40(2)48-37-56(66(45-25-15-8-16-26-45)54-28-18-30-58-50(54)39-60(68-58)42-21-11-6-12-22-42)51-36-52-61-43(33-34-64(52,3)4)35-55(47-32-31-46(48)62(51)63(47)61)65(44-23-13-7-14-24-44)53-27-17-29-57-49(53)38-59(67-57)41-19-9-5-10-20-41/h5-32,35-40H,33-34H2,1-4H3. The van der Waals surface area contributed by atoms with Crippen molar-refractivity contribution in [3.63, 3.8) is 0 Å². The fourth-order valence-corrected chi connectivity index (χ4v) is 11.3. The maximum Gasteiger partial charge on any atom is 0.136 e. The first kappa shape index (κ1) is 40.2. The molecule has 0 N–H and O–H groups in total. The predicted molar refractivity (Wildman–Crippen MR) is 285 cm³/mol. The number of hydrogen-bond donors (Lipinski definition) is 0. The van der Waals surface area contributed by atoms with E-state index in [1.807, 2.05) is 0 Å². The summed E-state index contributed by atoms with van der Waals surface area (Å²) in [5.41, 5.74) is 14.6. The van der Waals surface area contributed by atoms with Gasteiger partial charge in [0.15, 0.2) is 0 Å². The van der Waals surface area contributed by atoms with E-state index in [4.69, 9.17) is 8.83 Å². The van der Waals surface area contributed by atoms with Gasteiger partial charge in [-0.3, -0.25) is 0 Å². The molecule has 0 unspecified atom stereocenters. The highest BCUT2D eigenvalue weighted by Gasteiger charge is 2.34. The first-order valence-electron chi connectivity index (χ1n) is 24.0. The van der Waals surface area contributed by atoms with Crippen molar-refractivity contribution in [2.45, 2.75) is 51.9 Å². The van der Waals surface area contributed by atoms with E-state index >= 15 is 0 Å². The van der Waals surface area contributed by atoms with Crippen molar-refractivity contribution in [3.05, 3.63) is 217 Å². The molecule has 12 aromatic rings. The van der Waals surface area contributed by atoms with Gasteiger partial charge in [0.05, 0.1) is 22.7 Å². The molecule has 4 nitrogen and oxygen atoms in total. The molecular formula is C64H50N2O2. The number of benzene rings is 10. The summed E-state index contributed by atoms with van der Waals surface area (Å²) in [5, 5.41) is 9.99. The third-order valence-electron chi connectivity index (χ3n) is 14.6. The number of aryl methyl sites for hydroxylation is 1. The molecule has 0 radical (unpaired) electrons. The van der Waals surface area contributed by atoms with Crippen LogP contribution >= 0.6 is 0 Å². The lowest BCUT2D eigenvalue weighted by Crippen LogP contribution is -2.24. The van der Waals surface area contributed by atoms with Crippen LogP contribution in [0.2, 0.25) is 0 Å². The summed E-state index contributed by atoms with van der Waals surface area (Å²) in [6.07, 6.45) is 2.04. The number of nitrogens with zero attached hydrogens (tertiary/aromatic N) is 2. The van der Waals surface area contributed by atoms with Crippen LogP contribution in [0.4, 0.5) is 34.1 Å². The minimum atomic E-state index is -0.0582. The van der Waals surface area contributed by atoms with E-state index in [0.717, 1.165) is 85.9 Å². The van der Waals surface area contributed by atoms with Gasteiger partial charge in [0, 0.05) is 49.4 Å². The Hall–Kier alpha value is -8.08. The lowest BCUT2D eigenvalue weighted by atomic mass is 9.70. The normalized spacial score (nSPS) is 13.4. The molecular weight excluding hydrogens is 829 g/mol. The monoisotopic (exact) mass is 878 g/mol. The van der Waals surface area contributed by atoms with Crippen LogP contribution in [0.5, 0.6) is 0 Å². The third kappa shape index (κ3) is 6.28. The molecule has 0 spiro atoms. The zero-order valence-corrected chi connectivity index (χ0v) is 38.8. The molecule has 0 amide bonds. The summed E-state index contributed by atoms with van der Waals surface area (Å²) < 4.78 is 13.3. The Morgan fingerprint density at radius 2 is 0.926 bits per heavy atom. The second kappa shape index (κ2) is 15.5. The van der Waals surface area contributed by atoms with Gasteiger partial charge in [-0.05, 0) is 136 Å².